The lowest BCUT2D eigenvalue weighted by Crippen LogP contribution is -2.03. The molecule has 0 fully saturated rings. The van der Waals surface area contributed by atoms with Gasteiger partial charge in [0.2, 0.25) is 0 Å². The number of anilines is 1. The summed E-state index contributed by atoms with van der Waals surface area (Å²) in [4.78, 5) is 4.30. The zero-order valence-corrected chi connectivity index (χ0v) is 10.1. The first-order valence-electron chi connectivity index (χ1n) is 5.48. The number of hydrogen-bond acceptors (Lipinski definition) is 3. The Labute approximate surface area is 99.3 Å². The van der Waals surface area contributed by atoms with E-state index in [1.807, 2.05) is 13.8 Å². The molecule has 1 aromatic heterocycles. The Morgan fingerprint density at radius 1 is 1.35 bits per heavy atom. The lowest BCUT2D eigenvalue weighted by molar-refractivity contribution is 0.606. The fourth-order valence-corrected chi connectivity index (χ4v) is 1.58. The highest BCUT2D eigenvalue weighted by molar-refractivity contribution is 5.48. The van der Waals surface area contributed by atoms with Crippen LogP contribution in [0, 0.1) is 12.7 Å². The minimum atomic E-state index is -0.359. The normalized spacial score (nSPS) is 11.1. The number of aromatic nitrogens is 3. The van der Waals surface area contributed by atoms with Crippen molar-refractivity contribution in [3.8, 4) is 5.69 Å². The molecule has 0 saturated heterocycles. The molecule has 0 aliphatic rings. The third kappa shape index (κ3) is 2.13. The summed E-state index contributed by atoms with van der Waals surface area (Å²) in [5.74, 6) is 1.20. The number of halogens is 1. The van der Waals surface area contributed by atoms with Crippen LogP contribution in [0.25, 0.3) is 5.69 Å². The second-order valence-electron chi connectivity index (χ2n) is 4.29. The van der Waals surface area contributed by atoms with Gasteiger partial charge in [0.25, 0.3) is 0 Å². The van der Waals surface area contributed by atoms with Gasteiger partial charge in [-0.1, -0.05) is 13.8 Å². The molecule has 2 rings (SSSR count). The number of nitrogens with two attached hydrogens (primary N) is 1. The van der Waals surface area contributed by atoms with Gasteiger partial charge < -0.3 is 5.73 Å². The molecule has 4 nitrogen and oxygen atoms in total. The summed E-state index contributed by atoms with van der Waals surface area (Å²) in [7, 11) is 0. The molecule has 0 aliphatic heterocycles. The van der Waals surface area contributed by atoms with Crippen LogP contribution < -0.4 is 5.73 Å². The molecule has 1 aromatic carbocycles. The average Bonchev–Trinajstić information content (AvgIpc) is 2.64. The van der Waals surface area contributed by atoms with E-state index < -0.39 is 0 Å². The van der Waals surface area contributed by atoms with E-state index in [9.17, 15) is 4.39 Å². The summed E-state index contributed by atoms with van der Waals surface area (Å²) in [5.41, 5.74) is 6.49. The summed E-state index contributed by atoms with van der Waals surface area (Å²) in [6, 6.07) is 4.41. The zero-order valence-electron chi connectivity index (χ0n) is 10.1. The first kappa shape index (κ1) is 11.6. The maximum atomic E-state index is 13.7. The molecule has 0 bridgehead atoms. The quantitative estimate of drug-likeness (QED) is 0.812. The molecule has 2 aromatic rings. The number of benzene rings is 1. The molecular formula is C12H15FN4. The molecule has 0 unspecified atom stereocenters. The van der Waals surface area contributed by atoms with Crippen molar-refractivity contribution in [2.45, 2.75) is 26.7 Å². The van der Waals surface area contributed by atoms with E-state index in [1.165, 1.54) is 16.8 Å². The van der Waals surface area contributed by atoms with E-state index in [0.29, 0.717) is 23.0 Å². The number of nitrogens with zero attached hydrogens (tertiary/aromatic N) is 3. The number of rotatable bonds is 2. The Morgan fingerprint density at radius 2 is 2.06 bits per heavy atom. The third-order valence-electron chi connectivity index (χ3n) is 2.50. The standard InChI is InChI=1S/C12H15FN4/c1-7(2)12-15-8(3)17(16-12)11-6-9(14)4-5-10(11)13/h4-7H,14H2,1-3H3. The minimum Gasteiger partial charge on any atom is -0.399 e. The van der Waals surface area contributed by atoms with Gasteiger partial charge in [-0.25, -0.2) is 14.1 Å². The smallest absolute Gasteiger partial charge is 0.153 e. The second kappa shape index (κ2) is 4.16. The van der Waals surface area contributed by atoms with Gasteiger partial charge in [0.15, 0.2) is 5.82 Å². The average molecular weight is 234 g/mol. The topological polar surface area (TPSA) is 56.7 Å². The number of aryl methyl sites for hydroxylation is 1. The number of nitrogen functional groups attached to an aromatic ring is 1. The van der Waals surface area contributed by atoms with Crippen molar-refractivity contribution >= 4 is 5.69 Å². The molecule has 17 heavy (non-hydrogen) atoms. The largest absolute Gasteiger partial charge is 0.399 e. The molecular weight excluding hydrogens is 219 g/mol. The Hall–Kier alpha value is -1.91. The Balaban J connectivity index is 2.56. The molecule has 0 spiro atoms. The van der Waals surface area contributed by atoms with E-state index in [-0.39, 0.29) is 11.7 Å². The molecule has 5 heteroatoms. The van der Waals surface area contributed by atoms with Crippen LogP contribution in [-0.2, 0) is 0 Å². The SMILES string of the molecule is Cc1nc(C(C)C)nn1-c1cc(N)ccc1F. The number of hydrogen-bond donors (Lipinski definition) is 1. The van der Waals surface area contributed by atoms with Gasteiger partial charge in [0, 0.05) is 11.6 Å². The van der Waals surface area contributed by atoms with Crippen LogP contribution in [0.15, 0.2) is 18.2 Å². The lowest BCUT2D eigenvalue weighted by Gasteiger charge is -2.05. The van der Waals surface area contributed by atoms with Crippen molar-refractivity contribution in [3.63, 3.8) is 0 Å². The van der Waals surface area contributed by atoms with Crippen LogP contribution in [0.1, 0.15) is 31.4 Å². The van der Waals surface area contributed by atoms with E-state index in [0.717, 1.165) is 0 Å². The highest BCUT2D eigenvalue weighted by Gasteiger charge is 2.13. The molecule has 0 radical (unpaired) electrons. The first-order chi connectivity index (χ1) is 7.99. The summed E-state index contributed by atoms with van der Waals surface area (Å²) in [5, 5.41) is 4.29. The van der Waals surface area contributed by atoms with Crippen LogP contribution in [0.2, 0.25) is 0 Å². The van der Waals surface area contributed by atoms with E-state index >= 15 is 0 Å². The first-order valence-corrected chi connectivity index (χ1v) is 5.48. The second-order valence-corrected chi connectivity index (χ2v) is 4.29. The Bertz CT molecular complexity index is 545. The lowest BCUT2D eigenvalue weighted by atomic mass is 10.2. The predicted octanol–water partition coefficient (Wildman–Crippen LogP) is 2.42. The van der Waals surface area contributed by atoms with Crippen molar-refractivity contribution in [3.05, 3.63) is 35.7 Å². The monoisotopic (exact) mass is 234 g/mol. The van der Waals surface area contributed by atoms with Gasteiger partial charge in [0.05, 0.1) is 0 Å². The van der Waals surface area contributed by atoms with Gasteiger partial charge in [0.1, 0.15) is 17.3 Å². The van der Waals surface area contributed by atoms with E-state index in [4.69, 9.17) is 5.73 Å². The summed E-state index contributed by atoms with van der Waals surface area (Å²) < 4.78 is 15.2. The Morgan fingerprint density at radius 3 is 2.65 bits per heavy atom. The fraction of sp³-hybridized carbons (Fsp3) is 0.333. The highest BCUT2D eigenvalue weighted by Crippen LogP contribution is 2.19. The van der Waals surface area contributed by atoms with Gasteiger partial charge >= 0.3 is 0 Å². The van der Waals surface area contributed by atoms with Crippen molar-refractivity contribution in [1.82, 2.24) is 14.8 Å². The van der Waals surface area contributed by atoms with Crippen LogP contribution in [-0.4, -0.2) is 14.8 Å². The fourth-order valence-electron chi connectivity index (χ4n) is 1.58. The summed E-state index contributed by atoms with van der Waals surface area (Å²) >= 11 is 0. The molecule has 0 amide bonds. The van der Waals surface area contributed by atoms with Crippen molar-refractivity contribution in [1.29, 1.82) is 0 Å². The van der Waals surface area contributed by atoms with Crippen LogP contribution in [0.4, 0.5) is 10.1 Å². The van der Waals surface area contributed by atoms with Crippen LogP contribution in [0.5, 0.6) is 0 Å². The molecule has 0 atom stereocenters. The van der Waals surface area contributed by atoms with Gasteiger partial charge in [-0.15, -0.1) is 0 Å². The third-order valence-corrected chi connectivity index (χ3v) is 2.50. The van der Waals surface area contributed by atoms with Gasteiger partial charge in [-0.2, -0.15) is 5.10 Å². The van der Waals surface area contributed by atoms with Crippen LogP contribution >= 0.6 is 0 Å². The highest BCUT2D eigenvalue weighted by atomic mass is 19.1. The molecule has 2 N–H and O–H groups in total. The van der Waals surface area contributed by atoms with Gasteiger partial charge in [-0.05, 0) is 25.1 Å². The van der Waals surface area contributed by atoms with Crippen molar-refractivity contribution in [2.24, 2.45) is 0 Å². The van der Waals surface area contributed by atoms with E-state index in [1.54, 1.807) is 13.0 Å². The Kier molecular flexibility index (Phi) is 2.83. The van der Waals surface area contributed by atoms with Crippen molar-refractivity contribution in [2.75, 3.05) is 5.73 Å². The predicted molar refractivity (Wildman–Crippen MR) is 64.6 cm³/mol. The molecule has 1 heterocycles. The van der Waals surface area contributed by atoms with Crippen molar-refractivity contribution < 1.29 is 4.39 Å². The molecule has 90 valence electrons. The molecule has 0 aliphatic carbocycles. The van der Waals surface area contributed by atoms with E-state index in [2.05, 4.69) is 10.1 Å². The van der Waals surface area contributed by atoms with Gasteiger partial charge in [-0.3, -0.25) is 0 Å². The summed E-state index contributed by atoms with van der Waals surface area (Å²) in [6.07, 6.45) is 0. The summed E-state index contributed by atoms with van der Waals surface area (Å²) in [6.45, 7) is 5.78. The maximum absolute atomic E-state index is 13.7. The minimum absolute atomic E-state index is 0.207. The van der Waals surface area contributed by atoms with Crippen LogP contribution in [0.3, 0.4) is 0 Å². The molecule has 0 saturated carbocycles. The zero-order chi connectivity index (χ0) is 12.6. The maximum Gasteiger partial charge on any atom is 0.153 e.